The van der Waals surface area contributed by atoms with Crippen molar-refractivity contribution in [3.8, 4) is 5.75 Å². The van der Waals surface area contributed by atoms with Crippen molar-refractivity contribution in [3.63, 3.8) is 0 Å². The Morgan fingerprint density at radius 3 is 1.28 bits per heavy atom. The van der Waals surface area contributed by atoms with E-state index in [0.717, 1.165) is 25.3 Å². The second-order valence-corrected chi connectivity index (χ2v) is 15.0. The molecular formula is C43H81BrN2O. The van der Waals surface area contributed by atoms with Crippen molar-refractivity contribution in [2.75, 3.05) is 40.3 Å². The summed E-state index contributed by atoms with van der Waals surface area (Å²) in [6.45, 7) is 9.08. The van der Waals surface area contributed by atoms with E-state index < -0.39 is 0 Å². The normalized spacial score (nSPS) is 11.7. The third-order valence-corrected chi connectivity index (χ3v) is 9.80. The number of hydrogen-bond acceptors (Lipinski definition) is 2. The van der Waals surface area contributed by atoms with Gasteiger partial charge in [-0.2, -0.15) is 0 Å². The van der Waals surface area contributed by atoms with Crippen LogP contribution in [0.5, 0.6) is 5.75 Å². The minimum Gasteiger partial charge on any atom is -1.00 e. The average molecular weight is 722 g/mol. The molecule has 276 valence electrons. The maximum absolute atomic E-state index is 5.99. The minimum atomic E-state index is 0. The zero-order valence-corrected chi connectivity index (χ0v) is 33.8. The molecule has 0 unspecified atom stereocenters. The van der Waals surface area contributed by atoms with Crippen LogP contribution in [0.1, 0.15) is 199 Å². The molecule has 0 heterocycles. The molecule has 0 spiro atoms. The van der Waals surface area contributed by atoms with Crippen LogP contribution >= 0.6 is 0 Å². The molecule has 4 heteroatoms. The fourth-order valence-electron chi connectivity index (χ4n) is 6.54. The van der Waals surface area contributed by atoms with Crippen molar-refractivity contribution in [2.45, 2.75) is 194 Å². The summed E-state index contributed by atoms with van der Waals surface area (Å²) in [5.74, 6) is 0.987. The maximum atomic E-state index is 5.99. The predicted molar refractivity (Wildman–Crippen MR) is 207 cm³/mol. The summed E-state index contributed by atoms with van der Waals surface area (Å²) in [6.07, 6.45) is 40.9. The van der Waals surface area contributed by atoms with Crippen LogP contribution in [0.4, 0.5) is 0 Å². The summed E-state index contributed by atoms with van der Waals surface area (Å²) in [5.41, 5.74) is 1.18. The maximum Gasteiger partial charge on any atom is 0.119 e. The van der Waals surface area contributed by atoms with Gasteiger partial charge in [0.1, 0.15) is 5.75 Å². The number of quaternary nitrogens is 1. The molecule has 0 saturated heterocycles. The van der Waals surface area contributed by atoms with E-state index in [-0.39, 0.29) is 17.0 Å². The molecule has 0 amide bonds. The summed E-state index contributed by atoms with van der Waals surface area (Å²) in [7, 11) is 4.89. The molecule has 0 aliphatic heterocycles. The molecule has 0 atom stereocenters. The van der Waals surface area contributed by atoms with Crippen molar-refractivity contribution in [1.82, 2.24) is 0 Å². The number of aliphatic imine (C=N–C) groups is 1. The van der Waals surface area contributed by atoms with E-state index >= 15 is 0 Å². The van der Waals surface area contributed by atoms with Crippen LogP contribution in [-0.4, -0.2) is 51.0 Å². The Balaban J connectivity index is 0.0000212. The first-order chi connectivity index (χ1) is 22.6. The van der Waals surface area contributed by atoms with Gasteiger partial charge in [-0.15, -0.1) is 0 Å². The Morgan fingerprint density at radius 2 is 0.851 bits per heavy atom. The highest BCUT2D eigenvalue weighted by atomic mass is 79.9. The summed E-state index contributed by atoms with van der Waals surface area (Å²) < 4.78 is 7.21. The molecule has 0 aliphatic rings. The molecule has 1 aromatic carbocycles. The van der Waals surface area contributed by atoms with Gasteiger partial charge in [-0.05, 0) is 68.4 Å². The summed E-state index contributed by atoms with van der Waals surface area (Å²) >= 11 is 0. The first kappa shape index (κ1) is 46.1. The number of benzene rings is 1. The Bertz CT molecular complexity index is 778. The molecule has 0 radical (unpaired) electrons. The lowest BCUT2D eigenvalue weighted by atomic mass is 10.1. The Hall–Kier alpha value is -0.870. The number of halogens is 1. The number of unbranched alkanes of at least 4 members (excludes halogenated alkanes) is 25. The topological polar surface area (TPSA) is 21.6 Å². The fourth-order valence-corrected chi connectivity index (χ4v) is 6.54. The van der Waals surface area contributed by atoms with Crippen molar-refractivity contribution < 1.29 is 26.2 Å². The lowest BCUT2D eigenvalue weighted by Crippen LogP contribution is -3.00. The molecule has 0 aliphatic carbocycles. The Morgan fingerprint density at radius 1 is 0.489 bits per heavy atom. The minimum absolute atomic E-state index is 0. The average Bonchev–Trinajstić information content (AvgIpc) is 3.05. The number of hydrogen-bond donors (Lipinski definition) is 0. The molecule has 0 aromatic heterocycles. The van der Waals surface area contributed by atoms with E-state index in [1.54, 1.807) is 0 Å². The second kappa shape index (κ2) is 35.0. The van der Waals surface area contributed by atoms with Gasteiger partial charge in [0, 0.05) is 12.8 Å². The van der Waals surface area contributed by atoms with Crippen molar-refractivity contribution >= 4 is 6.21 Å². The molecule has 1 aromatic rings. The molecule has 0 fully saturated rings. The van der Waals surface area contributed by atoms with Crippen LogP contribution in [0.15, 0.2) is 29.3 Å². The quantitative estimate of drug-likeness (QED) is 0.0389. The first-order valence-corrected chi connectivity index (χ1v) is 20.6. The first-order valence-electron chi connectivity index (χ1n) is 20.6. The monoisotopic (exact) mass is 721 g/mol. The van der Waals surface area contributed by atoms with Crippen molar-refractivity contribution in [1.29, 1.82) is 0 Å². The SMILES string of the molecule is CCCCCCCCCCCCN=Cc1ccc(OCCCCCCCCCC[N+](C)(C)CCCCCCCCCCCC)cc1.[Br-]. The van der Waals surface area contributed by atoms with Gasteiger partial charge in [-0.3, -0.25) is 4.99 Å². The van der Waals surface area contributed by atoms with Crippen LogP contribution in [0.3, 0.4) is 0 Å². The molecule has 3 nitrogen and oxygen atoms in total. The molecule has 0 N–H and O–H groups in total. The fraction of sp³-hybridized carbons (Fsp3) is 0.837. The molecule has 1 rings (SSSR count). The van der Waals surface area contributed by atoms with Gasteiger partial charge in [0.05, 0.1) is 33.8 Å². The Labute approximate surface area is 305 Å². The van der Waals surface area contributed by atoms with E-state index in [9.17, 15) is 0 Å². The van der Waals surface area contributed by atoms with Gasteiger partial charge in [0.2, 0.25) is 0 Å². The van der Waals surface area contributed by atoms with Gasteiger partial charge in [-0.1, -0.05) is 155 Å². The molecule has 0 bridgehead atoms. The lowest BCUT2D eigenvalue weighted by molar-refractivity contribution is -0.890. The lowest BCUT2D eigenvalue weighted by Gasteiger charge is -2.30. The summed E-state index contributed by atoms with van der Waals surface area (Å²) in [4.78, 5) is 4.64. The number of rotatable bonds is 35. The summed E-state index contributed by atoms with van der Waals surface area (Å²) in [6, 6.07) is 8.46. The number of nitrogens with zero attached hydrogens (tertiary/aromatic N) is 2. The molecule has 47 heavy (non-hydrogen) atoms. The molecule has 0 saturated carbocycles. The predicted octanol–water partition coefficient (Wildman–Crippen LogP) is 10.5. The zero-order valence-electron chi connectivity index (χ0n) is 32.2. The van der Waals surface area contributed by atoms with Crippen LogP contribution in [-0.2, 0) is 0 Å². The van der Waals surface area contributed by atoms with E-state index in [4.69, 9.17) is 4.74 Å². The van der Waals surface area contributed by atoms with Crippen LogP contribution in [0.2, 0.25) is 0 Å². The second-order valence-electron chi connectivity index (χ2n) is 15.0. The van der Waals surface area contributed by atoms with E-state index in [0.29, 0.717) is 0 Å². The summed E-state index contributed by atoms with van der Waals surface area (Å²) in [5, 5.41) is 0. The standard InChI is InChI=1S/C43H81N2O.BrH/c1-5-7-9-11-13-15-17-21-25-29-37-44-41-42-33-35-43(36-34-42)46-40-32-28-24-20-19-23-27-31-39-45(3,4)38-30-26-22-18-16-14-12-10-8-6-2;/h33-36,41H,5-32,37-40H2,1-4H3;1H/q+1;/p-1. The third-order valence-electron chi connectivity index (χ3n) is 9.80. The van der Waals surface area contributed by atoms with E-state index in [1.807, 2.05) is 6.21 Å². The van der Waals surface area contributed by atoms with Gasteiger partial charge in [-0.25, -0.2) is 0 Å². The van der Waals surface area contributed by atoms with Crippen LogP contribution in [0, 0.1) is 0 Å². The van der Waals surface area contributed by atoms with Gasteiger partial charge >= 0.3 is 0 Å². The third kappa shape index (κ3) is 32.1. The highest BCUT2D eigenvalue weighted by Gasteiger charge is 2.13. The van der Waals surface area contributed by atoms with Crippen molar-refractivity contribution in [2.24, 2.45) is 4.99 Å². The van der Waals surface area contributed by atoms with Crippen LogP contribution < -0.4 is 21.7 Å². The van der Waals surface area contributed by atoms with E-state index in [1.165, 1.54) is 196 Å². The van der Waals surface area contributed by atoms with Gasteiger partial charge in [0.25, 0.3) is 0 Å². The highest BCUT2D eigenvalue weighted by molar-refractivity contribution is 5.79. The van der Waals surface area contributed by atoms with Crippen LogP contribution in [0.25, 0.3) is 0 Å². The van der Waals surface area contributed by atoms with Gasteiger partial charge in [0.15, 0.2) is 0 Å². The number of ether oxygens (including phenoxy) is 1. The zero-order chi connectivity index (χ0) is 33.2. The highest BCUT2D eigenvalue weighted by Crippen LogP contribution is 2.16. The largest absolute Gasteiger partial charge is 1.00 e. The smallest absolute Gasteiger partial charge is 0.119 e. The van der Waals surface area contributed by atoms with Gasteiger partial charge < -0.3 is 26.2 Å². The Kier molecular flexibility index (Phi) is 34.3. The van der Waals surface area contributed by atoms with E-state index in [2.05, 4.69) is 57.2 Å². The van der Waals surface area contributed by atoms with Crippen molar-refractivity contribution in [3.05, 3.63) is 29.8 Å². The molecular weight excluding hydrogens is 640 g/mol.